The lowest BCUT2D eigenvalue weighted by Crippen LogP contribution is -2.06. The van der Waals surface area contributed by atoms with Crippen molar-refractivity contribution in [2.45, 2.75) is 6.42 Å². The fourth-order valence-corrected chi connectivity index (χ4v) is 1.73. The van der Waals surface area contributed by atoms with Crippen molar-refractivity contribution in [2.24, 2.45) is 5.73 Å². The molecule has 0 aliphatic heterocycles. The normalized spacial score (nSPS) is 10.3. The summed E-state index contributed by atoms with van der Waals surface area (Å²) in [6.45, 7) is 1.20. The van der Waals surface area contributed by atoms with Gasteiger partial charge in [0.15, 0.2) is 0 Å². The van der Waals surface area contributed by atoms with E-state index in [0.717, 1.165) is 23.3 Å². The molecule has 18 heavy (non-hydrogen) atoms. The summed E-state index contributed by atoms with van der Waals surface area (Å²) < 4.78 is 18.6. The molecule has 0 aliphatic carbocycles. The Bertz CT molecular complexity index is 496. The third kappa shape index (κ3) is 3.08. The summed E-state index contributed by atoms with van der Waals surface area (Å²) in [5, 5.41) is 0. The van der Waals surface area contributed by atoms with E-state index in [1.807, 2.05) is 24.3 Å². The fraction of sp³-hybridized carbons (Fsp3) is 0.200. The van der Waals surface area contributed by atoms with E-state index in [9.17, 15) is 4.39 Å². The molecule has 2 aromatic carbocycles. The van der Waals surface area contributed by atoms with E-state index < -0.39 is 0 Å². The molecule has 0 amide bonds. The molecule has 0 unspecified atom stereocenters. The number of nitrogens with two attached hydrogens (primary N) is 1. The van der Waals surface area contributed by atoms with Gasteiger partial charge in [-0.1, -0.05) is 30.3 Å². The highest BCUT2D eigenvalue weighted by Crippen LogP contribution is 2.29. The molecule has 0 saturated carbocycles. The van der Waals surface area contributed by atoms with Crippen LogP contribution in [0, 0.1) is 5.82 Å². The van der Waals surface area contributed by atoms with E-state index in [0.29, 0.717) is 13.2 Å². The third-order valence-corrected chi connectivity index (χ3v) is 2.65. The third-order valence-electron chi connectivity index (χ3n) is 2.65. The number of para-hydroxylation sites is 1. The van der Waals surface area contributed by atoms with Crippen molar-refractivity contribution in [3.8, 4) is 16.9 Å². The maximum Gasteiger partial charge on any atom is 0.127 e. The van der Waals surface area contributed by atoms with Crippen LogP contribution in [-0.4, -0.2) is 13.2 Å². The Labute approximate surface area is 106 Å². The highest BCUT2D eigenvalue weighted by molar-refractivity contribution is 5.70. The van der Waals surface area contributed by atoms with Gasteiger partial charge in [-0.2, -0.15) is 0 Å². The molecule has 0 spiro atoms. The number of hydrogen-bond donors (Lipinski definition) is 1. The van der Waals surface area contributed by atoms with Gasteiger partial charge in [-0.15, -0.1) is 0 Å². The van der Waals surface area contributed by atoms with Gasteiger partial charge >= 0.3 is 0 Å². The van der Waals surface area contributed by atoms with Gasteiger partial charge in [0, 0.05) is 5.56 Å². The zero-order chi connectivity index (χ0) is 12.8. The predicted octanol–water partition coefficient (Wildman–Crippen LogP) is 3.22. The Kier molecular flexibility index (Phi) is 4.31. The molecule has 94 valence electrons. The van der Waals surface area contributed by atoms with Gasteiger partial charge in [0.25, 0.3) is 0 Å². The standard InChI is InChI=1S/C15H16FNO/c16-13-8-6-12(7-9-13)14-4-1-2-5-15(14)18-11-3-10-17/h1-2,4-9H,3,10-11,17H2. The number of halogens is 1. The minimum atomic E-state index is -0.236. The number of ether oxygens (including phenoxy) is 1. The Balaban J connectivity index is 2.23. The highest BCUT2D eigenvalue weighted by atomic mass is 19.1. The first-order chi connectivity index (χ1) is 8.81. The van der Waals surface area contributed by atoms with Crippen LogP contribution in [0.2, 0.25) is 0 Å². The molecule has 0 saturated heterocycles. The fourth-order valence-electron chi connectivity index (χ4n) is 1.73. The van der Waals surface area contributed by atoms with Gasteiger partial charge in [-0.05, 0) is 36.7 Å². The summed E-state index contributed by atoms with van der Waals surface area (Å²) in [5.41, 5.74) is 7.35. The summed E-state index contributed by atoms with van der Waals surface area (Å²) in [7, 11) is 0. The van der Waals surface area contributed by atoms with E-state index in [1.165, 1.54) is 12.1 Å². The zero-order valence-corrected chi connectivity index (χ0v) is 10.1. The lowest BCUT2D eigenvalue weighted by molar-refractivity contribution is 0.314. The van der Waals surface area contributed by atoms with Crippen molar-refractivity contribution in [3.05, 3.63) is 54.3 Å². The van der Waals surface area contributed by atoms with Gasteiger partial charge in [-0.25, -0.2) is 4.39 Å². The Morgan fingerprint density at radius 3 is 2.44 bits per heavy atom. The van der Waals surface area contributed by atoms with Crippen LogP contribution in [0.5, 0.6) is 5.75 Å². The summed E-state index contributed by atoms with van der Waals surface area (Å²) in [5.74, 6) is 0.567. The van der Waals surface area contributed by atoms with Crippen LogP contribution in [-0.2, 0) is 0 Å². The van der Waals surface area contributed by atoms with Crippen LogP contribution in [0.4, 0.5) is 4.39 Å². The SMILES string of the molecule is NCCCOc1ccccc1-c1ccc(F)cc1. The molecule has 3 heteroatoms. The first-order valence-electron chi connectivity index (χ1n) is 5.99. The molecule has 2 rings (SSSR count). The van der Waals surface area contributed by atoms with Crippen molar-refractivity contribution in [2.75, 3.05) is 13.2 Å². The van der Waals surface area contributed by atoms with Crippen molar-refractivity contribution in [3.63, 3.8) is 0 Å². The Morgan fingerprint density at radius 1 is 1.00 bits per heavy atom. The van der Waals surface area contributed by atoms with Crippen molar-refractivity contribution >= 4 is 0 Å². The topological polar surface area (TPSA) is 35.2 Å². The first-order valence-corrected chi connectivity index (χ1v) is 5.99. The van der Waals surface area contributed by atoms with Crippen LogP contribution in [0.25, 0.3) is 11.1 Å². The monoisotopic (exact) mass is 245 g/mol. The highest BCUT2D eigenvalue weighted by Gasteiger charge is 2.05. The number of benzene rings is 2. The summed E-state index contributed by atoms with van der Waals surface area (Å²) in [4.78, 5) is 0. The van der Waals surface area contributed by atoms with Gasteiger partial charge in [0.05, 0.1) is 6.61 Å². The maximum atomic E-state index is 12.9. The smallest absolute Gasteiger partial charge is 0.127 e. The second-order valence-electron chi connectivity index (χ2n) is 3.99. The van der Waals surface area contributed by atoms with E-state index in [2.05, 4.69) is 0 Å². The van der Waals surface area contributed by atoms with Crippen molar-refractivity contribution < 1.29 is 9.13 Å². The van der Waals surface area contributed by atoms with Crippen molar-refractivity contribution in [1.82, 2.24) is 0 Å². The molecular formula is C15H16FNO. The first kappa shape index (κ1) is 12.6. The molecule has 0 bridgehead atoms. The zero-order valence-electron chi connectivity index (χ0n) is 10.1. The number of hydrogen-bond acceptors (Lipinski definition) is 2. The van der Waals surface area contributed by atoms with E-state index >= 15 is 0 Å². The molecule has 0 atom stereocenters. The van der Waals surface area contributed by atoms with Crippen LogP contribution in [0.3, 0.4) is 0 Å². The molecular weight excluding hydrogens is 229 g/mol. The predicted molar refractivity (Wildman–Crippen MR) is 71.0 cm³/mol. The van der Waals surface area contributed by atoms with Gasteiger partial charge in [0.2, 0.25) is 0 Å². The van der Waals surface area contributed by atoms with E-state index in [4.69, 9.17) is 10.5 Å². The van der Waals surface area contributed by atoms with Crippen molar-refractivity contribution in [1.29, 1.82) is 0 Å². The summed E-state index contributed by atoms with van der Waals surface area (Å²) in [6.07, 6.45) is 0.817. The Hall–Kier alpha value is -1.87. The average Bonchev–Trinajstić information content (AvgIpc) is 2.41. The number of rotatable bonds is 5. The van der Waals surface area contributed by atoms with Crippen LogP contribution < -0.4 is 10.5 Å². The maximum absolute atomic E-state index is 12.9. The second kappa shape index (κ2) is 6.17. The molecule has 0 fully saturated rings. The molecule has 0 heterocycles. The van der Waals surface area contributed by atoms with E-state index in [-0.39, 0.29) is 5.82 Å². The minimum Gasteiger partial charge on any atom is -0.493 e. The molecule has 0 aliphatic rings. The molecule has 0 radical (unpaired) electrons. The van der Waals surface area contributed by atoms with Gasteiger partial charge < -0.3 is 10.5 Å². The van der Waals surface area contributed by atoms with Gasteiger partial charge in [-0.3, -0.25) is 0 Å². The molecule has 2 nitrogen and oxygen atoms in total. The second-order valence-corrected chi connectivity index (χ2v) is 3.99. The molecule has 0 aromatic heterocycles. The Morgan fingerprint density at radius 2 is 1.72 bits per heavy atom. The average molecular weight is 245 g/mol. The quantitative estimate of drug-likeness (QED) is 0.821. The summed E-state index contributed by atoms with van der Waals surface area (Å²) >= 11 is 0. The lowest BCUT2D eigenvalue weighted by atomic mass is 10.0. The van der Waals surface area contributed by atoms with Crippen LogP contribution in [0.15, 0.2) is 48.5 Å². The minimum absolute atomic E-state index is 0.236. The van der Waals surface area contributed by atoms with Gasteiger partial charge in [0.1, 0.15) is 11.6 Å². The lowest BCUT2D eigenvalue weighted by Gasteiger charge is -2.11. The van der Waals surface area contributed by atoms with Crippen LogP contribution >= 0.6 is 0 Å². The van der Waals surface area contributed by atoms with Crippen LogP contribution in [0.1, 0.15) is 6.42 Å². The molecule has 2 N–H and O–H groups in total. The van der Waals surface area contributed by atoms with E-state index in [1.54, 1.807) is 12.1 Å². The molecule has 2 aromatic rings. The largest absolute Gasteiger partial charge is 0.493 e. The summed E-state index contributed by atoms with van der Waals surface area (Å²) in [6, 6.07) is 14.1.